The van der Waals surface area contributed by atoms with Gasteiger partial charge in [0.2, 0.25) is 0 Å². The molecule has 0 aliphatic rings. The number of aryl methyl sites for hydroxylation is 1. The van der Waals surface area contributed by atoms with Gasteiger partial charge in [-0.2, -0.15) is 0 Å². The van der Waals surface area contributed by atoms with Crippen molar-refractivity contribution in [2.75, 3.05) is 0 Å². The Balaban J connectivity index is 2.58. The molecule has 13 heavy (non-hydrogen) atoms. The number of hydrogen-bond acceptors (Lipinski definition) is 3. The van der Waals surface area contributed by atoms with Crippen molar-refractivity contribution in [1.82, 2.24) is 4.98 Å². The number of aromatic nitrogens is 1. The van der Waals surface area contributed by atoms with Crippen LogP contribution >= 0.6 is 11.3 Å². The van der Waals surface area contributed by atoms with E-state index >= 15 is 0 Å². The van der Waals surface area contributed by atoms with Crippen molar-refractivity contribution in [1.29, 1.82) is 0 Å². The Kier molecular flexibility index (Phi) is 3.63. The van der Waals surface area contributed by atoms with E-state index in [0.717, 1.165) is 22.7 Å². The molecule has 0 bridgehead atoms. The maximum Gasteiger partial charge on any atom is 0.100 e. The van der Waals surface area contributed by atoms with Gasteiger partial charge in [0.25, 0.3) is 0 Å². The second-order valence-electron chi connectivity index (χ2n) is 3.11. The van der Waals surface area contributed by atoms with Gasteiger partial charge in [0, 0.05) is 5.38 Å². The van der Waals surface area contributed by atoms with Crippen LogP contribution in [0.15, 0.2) is 17.5 Å². The van der Waals surface area contributed by atoms with E-state index in [4.69, 9.17) is 0 Å². The van der Waals surface area contributed by atoms with Gasteiger partial charge in [0.15, 0.2) is 0 Å². The molecule has 2 nitrogen and oxygen atoms in total. The van der Waals surface area contributed by atoms with Gasteiger partial charge in [-0.25, -0.2) is 4.98 Å². The number of nitrogens with zero attached hydrogens (tertiary/aromatic N) is 1. The summed E-state index contributed by atoms with van der Waals surface area (Å²) < 4.78 is 0. The number of aliphatic hydroxyl groups excluding tert-OH is 1. The lowest BCUT2D eigenvalue weighted by atomic mass is 10.1. The molecule has 1 unspecified atom stereocenters. The molecule has 0 amide bonds. The van der Waals surface area contributed by atoms with Crippen LogP contribution < -0.4 is 0 Å². The van der Waals surface area contributed by atoms with Gasteiger partial charge < -0.3 is 5.11 Å². The Hall–Kier alpha value is -0.670. The van der Waals surface area contributed by atoms with Crippen LogP contribution in [0.3, 0.4) is 0 Å². The standard InChI is InChI=1S/C10H15NOS/c1-4-7(2)5-10(12)9-6-13-8(3)11-9/h6,10,12H,2,4-5H2,1,3H3. The molecule has 0 fully saturated rings. The fraction of sp³-hybridized carbons (Fsp3) is 0.500. The number of rotatable bonds is 4. The monoisotopic (exact) mass is 197 g/mol. The molecule has 0 spiro atoms. The van der Waals surface area contributed by atoms with E-state index in [-0.39, 0.29) is 0 Å². The highest BCUT2D eigenvalue weighted by molar-refractivity contribution is 7.09. The summed E-state index contributed by atoms with van der Waals surface area (Å²) in [4.78, 5) is 4.23. The van der Waals surface area contributed by atoms with Crippen LogP contribution in [0.2, 0.25) is 0 Å². The third-order valence-electron chi connectivity index (χ3n) is 1.96. The molecule has 0 aliphatic carbocycles. The van der Waals surface area contributed by atoms with Gasteiger partial charge in [0.05, 0.1) is 10.7 Å². The summed E-state index contributed by atoms with van der Waals surface area (Å²) in [7, 11) is 0. The number of aliphatic hydroxyl groups is 1. The normalized spacial score (nSPS) is 12.8. The Morgan fingerprint density at radius 2 is 2.46 bits per heavy atom. The van der Waals surface area contributed by atoms with Gasteiger partial charge in [-0.1, -0.05) is 19.1 Å². The molecule has 1 rings (SSSR count). The molecule has 0 saturated carbocycles. The molecule has 0 aromatic carbocycles. The van der Waals surface area contributed by atoms with E-state index in [1.165, 1.54) is 0 Å². The first-order valence-corrected chi connectivity index (χ1v) is 5.28. The van der Waals surface area contributed by atoms with Crippen molar-refractivity contribution in [2.24, 2.45) is 0 Å². The minimum absolute atomic E-state index is 0.475. The van der Waals surface area contributed by atoms with E-state index in [1.54, 1.807) is 11.3 Å². The summed E-state index contributed by atoms with van der Waals surface area (Å²) in [6.45, 7) is 7.84. The molecule has 1 aromatic rings. The Morgan fingerprint density at radius 3 is 2.92 bits per heavy atom. The Labute approximate surface area is 83.0 Å². The minimum atomic E-state index is -0.475. The molecule has 1 heterocycles. The summed E-state index contributed by atoms with van der Waals surface area (Å²) in [5.41, 5.74) is 1.84. The van der Waals surface area contributed by atoms with E-state index in [1.807, 2.05) is 19.2 Å². The average molecular weight is 197 g/mol. The molecule has 1 aromatic heterocycles. The predicted octanol–water partition coefficient (Wildman–Crippen LogP) is 2.84. The Bertz CT molecular complexity index is 293. The molecule has 0 radical (unpaired) electrons. The van der Waals surface area contributed by atoms with Gasteiger partial charge in [-0.3, -0.25) is 0 Å². The lowest BCUT2D eigenvalue weighted by molar-refractivity contribution is 0.173. The van der Waals surface area contributed by atoms with E-state index in [2.05, 4.69) is 11.6 Å². The maximum atomic E-state index is 9.72. The Morgan fingerprint density at radius 1 is 1.77 bits per heavy atom. The van der Waals surface area contributed by atoms with Crippen molar-refractivity contribution in [2.45, 2.75) is 32.8 Å². The SMILES string of the molecule is C=C(CC)CC(O)c1csc(C)n1. The summed E-state index contributed by atoms with van der Waals surface area (Å²) >= 11 is 1.57. The van der Waals surface area contributed by atoms with Crippen molar-refractivity contribution < 1.29 is 5.11 Å². The third-order valence-corrected chi connectivity index (χ3v) is 2.75. The van der Waals surface area contributed by atoms with Crippen molar-refractivity contribution in [3.63, 3.8) is 0 Å². The average Bonchev–Trinajstić information content (AvgIpc) is 2.51. The molecule has 1 N–H and O–H groups in total. The fourth-order valence-corrected chi connectivity index (χ4v) is 1.71. The maximum absolute atomic E-state index is 9.72. The van der Waals surface area contributed by atoms with Crippen LogP contribution in [0.5, 0.6) is 0 Å². The first kappa shape index (κ1) is 10.4. The van der Waals surface area contributed by atoms with E-state index in [0.29, 0.717) is 6.42 Å². The zero-order valence-electron chi connectivity index (χ0n) is 8.08. The molecule has 1 atom stereocenters. The molecule has 72 valence electrons. The van der Waals surface area contributed by atoms with Crippen molar-refractivity contribution in [3.8, 4) is 0 Å². The van der Waals surface area contributed by atoms with Gasteiger partial charge in [-0.15, -0.1) is 11.3 Å². The van der Waals surface area contributed by atoms with Crippen molar-refractivity contribution in [3.05, 3.63) is 28.2 Å². The van der Waals surface area contributed by atoms with Crippen LogP contribution in [0.25, 0.3) is 0 Å². The van der Waals surface area contributed by atoms with Crippen LogP contribution in [-0.2, 0) is 0 Å². The molecule has 0 saturated heterocycles. The topological polar surface area (TPSA) is 33.1 Å². The molecular weight excluding hydrogens is 182 g/mol. The fourth-order valence-electron chi connectivity index (χ4n) is 1.06. The second-order valence-corrected chi connectivity index (χ2v) is 4.18. The van der Waals surface area contributed by atoms with E-state index in [9.17, 15) is 5.11 Å². The zero-order chi connectivity index (χ0) is 9.84. The molecule has 0 aliphatic heterocycles. The smallest absolute Gasteiger partial charge is 0.100 e. The summed E-state index contributed by atoms with van der Waals surface area (Å²) in [6, 6.07) is 0. The van der Waals surface area contributed by atoms with E-state index < -0.39 is 6.10 Å². The van der Waals surface area contributed by atoms with Gasteiger partial charge in [-0.05, 0) is 19.8 Å². The molecular formula is C10H15NOS. The first-order chi connectivity index (χ1) is 6.13. The van der Waals surface area contributed by atoms with Crippen LogP contribution in [0.4, 0.5) is 0 Å². The largest absolute Gasteiger partial charge is 0.386 e. The number of thiazole rings is 1. The summed E-state index contributed by atoms with van der Waals surface area (Å²) in [5, 5.41) is 12.6. The zero-order valence-corrected chi connectivity index (χ0v) is 8.90. The summed E-state index contributed by atoms with van der Waals surface area (Å²) in [5.74, 6) is 0. The van der Waals surface area contributed by atoms with Gasteiger partial charge in [0.1, 0.15) is 6.10 Å². The highest BCUT2D eigenvalue weighted by atomic mass is 32.1. The highest BCUT2D eigenvalue weighted by Gasteiger charge is 2.11. The summed E-state index contributed by atoms with van der Waals surface area (Å²) in [6.07, 6.45) is 1.07. The van der Waals surface area contributed by atoms with Crippen LogP contribution in [-0.4, -0.2) is 10.1 Å². The predicted molar refractivity (Wildman–Crippen MR) is 55.9 cm³/mol. The lowest BCUT2D eigenvalue weighted by Crippen LogP contribution is -1.98. The highest BCUT2D eigenvalue weighted by Crippen LogP contribution is 2.22. The van der Waals surface area contributed by atoms with Gasteiger partial charge >= 0.3 is 0 Å². The first-order valence-electron chi connectivity index (χ1n) is 4.40. The minimum Gasteiger partial charge on any atom is -0.386 e. The second kappa shape index (κ2) is 4.53. The quantitative estimate of drug-likeness (QED) is 0.753. The van der Waals surface area contributed by atoms with Crippen molar-refractivity contribution >= 4 is 11.3 Å². The third kappa shape index (κ3) is 2.94. The van der Waals surface area contributed by atoms with Crippen LogP contribution in [0.1, 0.15) is 36.6 Å². The number of hydrogen-bond donors (Lipinski definition) is 1. The van der Waals surface area contributed by atoms with Crippen LogP contribution in [0, 0.1) is 6.92 Å². The lowest BCUT2D eigenvalue weighted by Gasteiger charge is -2.08. The molecule has 3 heteroatoms.